The second kappa shape index (κ2) is 13.3. The number of halogens is 2. The molecular formula is C26H35Cl2N3O4S. The Bertz CT molecular complexity index is 1150. The van der Waals surface area contributed by atoms with Crippen molar-refractivity contribution in [3.8, 4) is 0 Å². The van der Waals surface area contributed by atoms with Crippen LogP contribution in [0.2, 0.25) is 10.0 Å². The van der Waals surface area contributed by atoms with Crippen LogP contribution in [0.1, 0.15) is 44.7 Å². The van der Waals surface area contributed by atoms with Crippen molar-refractivity contribution in [3.63, 3.8) is 0 Å². The van der Waals surface area contributed by atoms with Crippen LogP contribution < -0.4 is 9.62 Å². The molecule has 1 N–H and O–H groups in total. The number of nitrogens with one attached hydrogen (secondary N) is 1. The minimum atomic E-state index is -3.67. The Hall–Kier alpha value is -2.29. The number of benzene rings is 2. The van der Waals surface area contributed by atoms with E-state index in [4.69, 9.17) is 23.2 Å². The predicted molar refractivity (Wildman–Crippen MR) is 147 cm³/mol. The van der Waals surface area contributed by atoms with Crippen LogP contribution >= 0.6 is 23.2 Å². The van der Waals surface area contributed by atoms with Crippen molar-refractivity contribution in [2.24, 2.45) is 5.92 Å². The average Bonchev–Trinajstić information content (AvgIpc) is 2.80. The van der Waals surface area contributed by atoms with Gasteiger partial charge in [-0.1, -0.05) is 66.9 Å². The van der Waals surface area contributed by atoms with E-state index in [1.165, 1.54) is 17.0 Å². The van der Waals surface area contributed by atoms with E-state index < -0.39 is 16.1 Å². The van der Waals surface area contributed by atoms with Crippen molar-refractivity contribution < 1.29 is 18.0 Å². The molecule has 36 heavy (non-hydrogen) atoms. The number of rotatable bonds is 12. The first-order valence-corrected chi connectivity index (χ1v) is 14.5. The molecule has 2 rings (SSSR count). The van der Waals surface area contributed by atoms with E-state index in [1.807, 2.05) is 45.0 Å². The van der Waals surface area contributed by atoms with Crippen LogP contribution in [-0.2, 0) is 26.2 Å². The minimum Gasteiger partial charge on any atom is -0.354 e. The molecule has 7 nitrogen and oxygen atoms in total. The standard InChI is InChI=1S/C26H35Cl2N3O4S/c1-18(2)16-29-26(33)20(4)30(17-21-10-8-19(3)9-11-21)25(32)7-6-14-31(36(5,34)35)24-15-22(27)12-13-23(24)28/h8-13,15,18,20H,6-7,14,16-17H2,1-5H3,(H,29,33)/t20-/m1/s1. The monoisotopic (exact) mass is 555 g/mol. The largest absolute Gasteiger partial charge is 0.354 e. The molecule has 0 saturated carbocycles. The predicted octanol–water partition coefficient (Wildman–Crippen LogP) is 5.04. The Morgan fingerprint density at radius 3 is 2.25 bits per heavy atom. The number of aryl methyl sites for hydroxylation is 1. The molecule has 0 aliphatic heterocycles. The molecule has 0 fully saturated rings. The highest BCUT2D eigenvalue weighted by Gasteiger charge is 2.27. The summed E-state index contributed by atoms with van der Waals surface area (Å²) >= 11 is 12.3. The lowest BCUT2D eigenvalue weighted by Gasteiger charge is -2.30. The molecule has 0 bridgehead atoms. The van der Waals surface area contributed by atoms with Crippen LogP contribution in [0.25, 0.3) is 0 Å². The summed E-state index contributed by atoms with van der Waals surface area (Å²) in [5.74, 6) is -0.191. The molecule has 0 heterocycles. The van der Waals surface area contributed by atoms with Gasteiger partial charge in [0.2, 0.25) is 21.8 Å². The normalized spacial score (nSPS) is 12.3. The maximum Gasteiger partial charge on any atom is 0.242 e. The van der Waals surface area contributed by atoms with Gasteiger partial charge in [-0.3, -0.25) is 13.9 Å². The number of nitrogens with zero attached hydrogens (tertiary/aromatic N) is 2. The lowest BCUT2D eigenvalue weighted by Crippen LogP contribution is -2.48. The highest BCUT2D eigenvalue weighted by molar-refractivity contribution is 7.92. The molecule has 0 spiro atoms. The highest BCUT2D eigenvalue weighted by Crippen LogP contribution is 2.31. The maximum atomic E-state index is 13.3. The molecule has 198 valence electrons. The van der Waals surface area contributed by atoms with E-state index in [9.17, 15) is 18.0 Å². The first-order valence-electron chi connectivity index (χ1n) is 11.8. The number of hydrogen-bond donors (Lipinski definition) is 1. The summed E-state index contributed by atoms with van der Waals surface area (Å²) in [5.41, 5.74) is 2.26. The van der Waals surface area contributed by atoms with Gasteiger partial charge in [0.05, 0.1) is 17.0 Å². The molecular weight excluding hydrogens is 521 g/mol. The van der Waals surface area contributed by atoms with Gasteiger partial charge < -0.3 is 10.2 Å². The third-order valence-corrected chi connectivity index (χ3v) is 7.39. The van der Waals surface area contributed by atoms with Crippen LogP contribution in [0.5, 0.6) is 0 Å². The maximum absolute atomic E-state index is 13.3. The summed E-state index contributed by atoms with van der Waals surface area (Å²) in [5, 5.41) is 3.49. The second-order valence-electron chi connectivity index (χ2n) is 9.36. The van der Waals surface area contributed by atoms with Crippen molar-refractivity contribution in [2.75, 3.05) is 23.7 Å². The number of sulfonamides is 1. The number of carbonyl (C=O) groups is 2. The summed E-state index contributed by atoms with van der Waals surface area (Å²) in [6.45, 7) is 8.51. The Labute approximate surface area is 224 Å². The molecule has 0 unspecified atom stereocenters. The number of amides is 2. The van der Waals surface area contributed by atoms with Crippen molar-refractivity contribution >= 4 is 50.7 Å². The molecule has 1 atom stereocenters. The van der Waals surface area contributed by atoms with Gasteiger partial charge in [0.1, 0.15) is 6.04 Å². The Kier molecular flexibility index (Phi) is 11.1. The first kappa shape index (κ1) is 29.9. The van der Waals surface area contributed by atoms with E-state index in [-0.39, 0.29) is 54.4 Å². The van der Waals surface area contributed by atoms with Gasteiger partial charge in [-0.2, -0.15) is 0 Å². The summed E-state index contributed by atoms with van der Waals surface area (Å²) in [4.78, 5) is 27.6. The molecule has 0 aromatic heterocycles. The van der Waals surface area contributed by atoms with Crippen LogP contribution in [0, 0.1) is 12.8 Å². The zero-order valence-electron chi connectivity index (χ0n) is 21.4. The molecule has 2 aromatic carbocycles. The second-order valence-corrected chi connectivity index (χ2v) is 12.1. The minimum absolute atomic E-state index is 0.0386. The zero-order valence-corrected chi connectivity index (χ0v) is 23.8. The summed E-state index contributed by atoms with van der Waals surface area (Å²) in [6, 6.07) is 11.7. The van der Waals surface area contributed by atoms with Gasteiger partial charge >= 0.3 is 0 Å². The van der Waals surface area contributed by atoms with E-state index in [1.54, 1.807) is 13.0 Å². The molecule has 10 heteroatoms. The van der Waals surface area contributed by atoms with E-state index >= 15 is 0 Å². The van der Waals surface area contributed by atoms with Crippen molar-refractivity contribution in [2.45, 2.75) is 53.1 Å². The Balaban J connectivity index is 2.18. The van der Waals surface area contributed by atoms with Crippen LogP contribution in [-0.4, -0.2) is 50.5 Å². The van der Waals surface area contributed by atoms with Crippen molar-refractivity contribution in [3.05, 3.63) is 63.6 Å². The van der Waals surface area contributed by atoms with Gasteiger partial charge in [0.25, 0.3) is 0 Å². The first-order chi connectivity index (χ1) is 16.8. The van der Waals surface area contributed by atoms with Crippen LogP contribution in [0.4, 0.5) is 5.69 Å². The van der Waals surface area contributed by atoms with Crippen LogP contribution in [0.15, 0.2) is 42.5 Å². The fourth-order valence-electron chi connectivity index (χ4n) is 3.58. The average molecular weight is 557 g/mol. The Morgan fingerprint density at radius 2 is 1.67 bits per heavy atom. The van der Waals surface area contributed by atoms with Crippen molar-refractivity contribution in [1.29, 1.82) is 0 Å². The SMILES string of the molecule is Cc1ccc(CN(C(=O)CCCN(c2cc(Cl)ccc2Cl)S(C)(=O)=O)[C@H](C)C(=O)NCC(C)C)cc1. The van der Waals surface area contributed by atoms with E-state index in [0.29, 0.717) is 11.6 Å². The molecule has 0 aliphatic rings. The zero-order chi connectivity index (χ0) is 27.0. The van der Waals surface area contributed by atoms with Crippen molar-refractivity contribution in [1.82, 2.24) is 10.2 Å². The van der Waals surface area contributed by atoms with E-state index in [2.05, 4.69) is 5.32 Å². The van der Waals surface area contributed by atoms with Gasteiger partial charge in [0.15, 0.2) is 0 Å². The molecule has 2 amide bonds. The fourth-order valence-corrected chi connectivity index (χ4v) is 4.99. The molecule has 2 aromatic rings. The highest BCUT2D eigenvalue weighted by atomic mass is 35.5. The lowest BCUT2D eigenvalue weighted by molar-refractivity contribution is -0.140. The Morgan fingerprint density at radius 1 is 1.03 bits per heavy atom. The van der Waals surface area contributed by atoms with Gasteiger partial charge in [-0.25, -0.2) is 8.42 Å². The number of anilines is 1. The molecule has 0 saturated heterocycles. The van der Waals surface area contributed by atoms with Crippen LogP contribution in [0.3, 0.4) is 0 Å². The number of carbonyl (C=O) groups excluding carboxylic acids is 2. The summed E-state index contributed by atoms with van der Waals surface area (Å²) in [6.07, 6.45) is 1.37. The van der Waals surface area contributed by atoms with E-state index in [0.717, 1.165) is 21.7 Å². The third kappa shape index (κ3) is 8.98. The quantitative estimate of drug-likeness (QED) is 0.397. The van der Waals surface area contributed by atoms with Gasteiger partial charge in [-0.15, -0.1) is 0 Å². The number of hydrogen-bond acceptors (Lipinski definition) is 4. The summed E-state index contributed by atoms with van der Waals surface area (Å²) < 4.78 is 26.1. The topological polar surface area (TPSA) is 86.8 Å². The fraction of sp³-hybridized carbons (Fsp3) is 0.462. The summed E-state index contributed by atoms with van der Waals surface area (Å²) in [7, 11) is -3.67. The third-order valence-electron chi connectivity index (χ3n) is 5.65. The molecule has 0 radical (unpaired) electrons. The van der Waals surface area contributed by atoms with Gasteiger partial charge in [-0.05, 0) is 49.9 Å². The van der Waals surface area contributed by atoms with Gasteiger partial charge in [0, 0.05) is 31.1 Å². The lowest BCUT2D eigenvalue weighted by atomic mass is 10.1. The molecule has 0 aliphatic carbocycles. The smallest absolute Gasteiger partial charge is 0.242 e.